The Labute approximate surface area is 121 Å². The number of anilines is 1. The highest BCUT2D eigenvalue weighted by atomic mass is 16.2. The molecule has 1 amide bonds. The highest BCUT2D eigenvalue weighted by Gasteiger charge is 2.24. The zero-order chi connectivity index (χ0) is 14.4. The number of benzene rings is 2. The lowest BCUT2D eigenvalue weighted by atomic mass is 10.0. The molecule has 0 spiro atoms. The van der Waals surface area contributed by atoms with E-state index in [1.165, 1.54) is 0 Å². The number of aromatic nitrogens is 2. The third kappa shape index (κ3) is 1.84. The predicted octanol–water partition coefficient (Wildman–Crippen LogP) is 3.36. The fourth-order valence-electron chi connectivity index (χ4n) is 2.72. The maximum absolute atomic E-state index is 12.2. The SMILES string of the molecule is Cc1cccc2c1NC(=O)C2=Cc1ccc2cn[nH]c2c1. The van der Waals surface area contributed by atoms with Gasteiger partial charge in [-0.25, -0.2) is 0 Å². The van der Waals surface area contributed by atoms with Gasteiger partial charge in [0.2, 0.25) is 0 Å². The number of para-hydroxylation sites is 1. The molecule has 0 unspecified atom stereocenters. The van der Waals surface area contributed by atoms with Gasteiger partial charge in [0.25, 0.3) is 5.91 Å². The largest absolute Gasteiger partial charge is 0.321 e. The molecule has 2 aromatic carbocycles. The van der Waals surface area contributed by atoms with Crippen molar-refractivity contribution >= 4 is 34.1 Å². The summed E-state index contributed by atoms with van der Waals surface area (Å²) in [5.74, 6) is -0.0518. The van der Waals surface area contributed by atoms with E-state index in [-0.39, 0.29) is 5.91 Å². The van der Waals surface area contributed by atoms with Crippen molar-refractivity contribution < 1.29 is 4.79 Å². The van der Waals surface area contributed by atoms with Crippen LogP contribution in [0.2, 0.25) is 0 Å². The van der Waals surface area contributed by atoms with Gasteiger partial charge in [0.05, 0.1) is 17.4 Å². The minimum Gasteiger partial charge on any atom is -0.321 e. The number of H-pyrrole nitrogens is 1. The molecule has 0 saturated carbocycles. The van der Waals surface area contributed by atoms with Crippen molar-refractivity contribution in [3.63, 3.8) is 0 Å². The summed E-state index contributed by atoms with van der Waals surface area (Å²) in [6.07, 6.45) is 3.70. The second kappa shape index (κ2) is 4.31. The van der Waals surface area contributed by atoms with Gasteiger partial charge in [-0.1, -0.05) is 30.3 Å². The standard InChI is InChI=1S/C17H13N3O/c1-10-3-2-4-13-14(17(21)19-16(10)13)7-11-5-6-12-9-18-20-15(12)8-11/h2-9H,1H3,(H,18,20)(H,19,21). The average Bonchev–Trinajstić information content (AvgIpc) is 3.05. The summed E-state index contributed by atoms with van der Waals surface area (Å²) in [4.78, 5) is 12.2. The average molecular weight is 275 g/mol. The smallest absolute Gasteiger partial charge is 0.256 e. The summed E-state index contributed by atoms with van der Waals surface area (Å²) in [5, 5.41) is 11.0. The first-order valence-corrected chi connectivity index (χ1v) is 6.78. The van der Waals surface area contributed by atoms with E-state index in [9.17, 15) is 4.79 Å². The molecule has 21 heavy (non-hydrogen) atoms. The van der Waals surface area contributed by atoms with Gasteiger partial charge in [0.1, 0.15) is 0 Å². The molecule has 0 radical (unpaired) electrons. The molecule has 1 aliphatic rings. The molecule has 0 saturated heterocycles. The number of hydrogen-bond acceptors (Lipinski definition) is 2. The van der Waals surface area contributed by atoms with Crippen LogP contribution in [0, 0.1) is 6.92 Å². The highest BCUT2D eigenvalue weighted by Crippen LogP contribution is 2.35. The number of rotatable bonds is 1. The van der Waals surface area contributed by atoms with E-state index in [0.717, 1.165) is 33.3 Å². The molecule has 4 rings (SSSR count). The molecular weight excluding hydrogens is 262 g/mol. The number of aromatic amines is 1. The van der Waals surface area contributed by atoms with Crippen LogP contribution in [0.3, 0.4) is 0 Å². The zero-order valence-electron chi connectivity index (χ0n) is 11.5. The Morgan fingerprint density at radius 3 is 3.00 bits per heavy atom. The van der Waals surface area contributed by atoms with Crippen molar-refractivity contribution in [3.05, 3.63) is 59.3 Å². The van der Waals surface area contributed by atoms with Gasteiger partial charge in [0, 0.05) is 16.5 Å². The number of hydrogen-bond donors (Lipinski definition) is 2. The fraction of sp³-hybridized carbons (Fsp3) is 0.0588. The van der Waals surface area contributed by atoms with E-state index in [1.807, 2.05) is 49.4 Å². The summed E-state index contributed by atoms with van der Waals surface area (Å²) in [6, 6.07) is 11.9. The summed E-state index contributed by atoms with van der Waals surface area (Å²) >= 11 is 0. The maximum atomic E-state index is 12.2. The van der Waals surface area contributed by atoms with Crippen LogP contribution in [0.5, 0.6) is 0 Å². The molecular formula is C17H13N3O. The van der Waals surface area contributed by atoms with Crippen LogP contribution in [0.15, 0.2) is 42.6 Å². The van der Waals surface area contributed by atoms with Gasteiger partial charge in [-0.15, -0.1) is 0 Å². The van der Waals surface area contributed by atoms with Crippen molar-refractivity contribution in [3.8, 4) is 0 Å². The van der Waals surface area contributed by atoms with Gasteiger partial charge < -0.3 is 5.32 Å². The lowest BCUT2D eigenvalue weighted by Crippen LogP contribution is -2.04. The van der Waals surface area contributed by atoms with Gasteiger partial charge in [-0.2, -0.15) is 5.10 Å². The fourth-order valence-corrected chi connectivity index (χ4v) is 2.72. The Kier molecular flexibility index (Phi) is 2.44. The molecule has 2 N–H and O–H groups in total. The first-order chi connectivity index (χ1) is 10.2. The van der Waals surface area contributed by atoms with Gasteiger partial charge in [-0.3, -0.25) is 9.89 Å². The van der Waals surface area contributed by atoms with Gasteiger partial charge in [0.15, 0.2) is 0 Å². The lowest BCUT2D eigenvalue weighted by Gasteiger charge is -2.01. The normalized spacial score (nSPS) is 15.5. The van der Waals surface area contributed by atoms with Gasteiger partial charge in [-0.05, 0) is 30.2 Å². The van der Waals surface area contributed by atoms with Crippen LogP contribution in [0.4, 0.5) is 5.69 Å². The van der Waals surface area contributed by atoms with E-state index >= 15 is 0 Å². The molecule has 1 aromatic heterocycles. The summed E-state index contributed by atoms with van der Waals surface area (Å²) in [6.45, 7) is 2.00. The summed E-state index contributed by atoms with van der Waals surface area (Å²) < 4.78 is 0. The van der Waals surface area contributed by atoms with E-state index in [0.29, 0.717) is 5.57 Å². The van der Waals surface area contributed by atoms with E-state index < -0.39 is 0 Å². The van der Waals surface area contributed by atoms with Crippen LogP contribution >= 0.6 is 0 Å². The van der Waals surface area contributed by atoms with Crippen LogP contribution in [0.1, 0.15) is 16.7 Å². The molecule has 0 bridgehead atoms. The second-order valence-electron chi connectivity index (χ2n) is 5.23. The third-order valence-electron chi connectivity index (χ3n) is 3.82. The predicted molar refractivity (Wildman–Crippen MR) is 83.8 cm³/mol. The van der Waals surface area contributed by atoms with E-state index in [4.69, 9.17) is 0 Å². The van der Waals surface area contributed by atoms with E-state index in [2.05, 4.69) is 15.5 Å². The van der Waals surface area contributed by atoms with Crippen LogP contribution in [-0.2, 0) is 4.79 Å². The molecule has 4 nitrogen and oxygen atoms in total. The molecule has 3 aromatic rings. The topological polar surface area (TPSA) is 57.8 Å². The Hall–Kier alpha value is -2.88. The second-order valence-corrected chi connectivity index (χ2v) is 5.23. The Balaban J connectivity index is 1.86. The Morgan fingerprint density at radius 2 is 2.10 bits per heavy atom. The minimum atomic E-state index is -0.0518. The van der Waals surface area contributed by atoms with Crippen molar-refractivity contribution in [2.24, 2.45) is 0 Å². The first kappa shape index (κ1) is 11.9. The van der Waals surface area contributed by atoms with Crippen molar-refractivity contribution in [2.45, 2.75) is 6.92 Å². The molecule has 2 heterocycles. The molecule has 0 fully saturated rings. The first-order valence-electron chi connectivity index (χ1n) is 6.78. The molecule has 4 heteroatoms. The molecule has 0 aliphatic carbocycles. The van der Waals surface area contributed by atoms with Crippen LogP contribution in [0.25, 0.3) is 22.6 Å². The van der Waals surface area contributed by atoms with Crippen molar-refractivity contribution in [2.75, 3.05) is 5.32 Å². The number of amides is 1. The molecule has 0 atom stereocenters. The Morgan fingerprint density at radius 1 is 1.19 bits per heavy atom. The summed E-state index contributed by atoms with van der Waals surface area (Å²) in [5.41, 5.74) is 5.60. The maximum Gasteiger partial charge on any atom is 0.256 e. The number of nitrogens with zero attached hydrogens (tertiary/aromatic N) is 1. The number of fused-ring (bicyclic) bond motifs is 2. The molecule has 1 aliphatic heterocycles. The Bertz CT molecular complexity index is 905. The van der Waals surface area contributed by atoms with E-state index in [1.54, 1.807) is 6.20 Å². The van der Waals surface area contributed by atoms with Crippen molar-refractivity contribution in [1.29, 1.82) is 0 Å². The number of nitrogens with one attached hydrogen (secondary N) is 2. The third-order valence-corrected chi connectivity index (χ3v) is 3.82. The minimum absolute atomic E-state index is 0.0518. The quantitative estimate of drug-likeness (QED) is 0.669. The van der Waals surface area contributed by atoms with Crippen LogP contribution < -0.4 is 5.32 Å². The number of aryl methyl sites for hydroxylation is 1. The van der Waals surface area contributed by atoms with Crippen molar-refractivity contribution in [1.82, 2.24) is 10.2 Å². The highest BCUT2D eigenvalue weighted by molar-refractivity contribution is 6.35. The monoisotopic (exact) mass is 275 g/mol. The number of carbonyl (C=O) groups is 1. The number of carbonyl (C=O) groups excluding carboxylic acids is 1. The lowest BCUT2D eigenvalue weighted by molar-refractivity contribution is -0.110. The van der Waals surface area contributed by atoms with Gasteiger partial charge >= 0.3 is 0 Å². The van der Waals surface area contributed by atoms with Crippen LogP contribution in [-0.4, -0.2) is 16.1 Å². The summed E-state index contributed by atoms with van der Waals surface area (Å²) in [7, 11) is 0. The zero-order valence-corrected chi connectivity index (χ0v) is 11.5. The molecule has 102 valence electrons.